The second-order valence-corrected chi connectivity index (χ2v) is 9.18. The Labute approximate surface area is 173 Å². The molecule has 0 unspecified atom stereocenters. The molecule has 158 valence electrons. The zero-order valence-electron chi connectivity index (χ0n) is 17.8. The minimum absolute atomic E-state index is 0.329. The topological polar surface area (TPSA) is 79.0 Å². The number of carbonyl (C=O) groups excluding carboxylic acids is 1. The molecule has 0 fully saturated rings. The van der Waals surface area contributed by atoms with Crippen molar-refractivity contribution in [3.63, 3.8) is 0 Å². The third-order valence-corrected chi connectivity index (χ3v) is 6.45. The number of nitrogens with one attached hydrogen (secondary N) is 1. The molecule has 2 aromatic rings. The Bertz CT molecular complexity index is 974. The van der Waals surface area contributed by atoms with Crippen LogP contribution in [-0.4, -0.2) is 46.4 Å². The van der Waals surface area contributed by atoms with E-state index < -0.39 is 16.1 Å². The molecule has 7 nitrogen and oxygen atoms in total. The normalized spacial score (nSPS) is 12.5. The lowest BCUT2D eigenvalue weighted by Gasteiger charge is -2.29. The van der Waals surface area contributed by atoms with Crippen LogP contribution in [0.1, 0.15) is 29.7 Å². The zero-order chi connectivity index (χ0) is 21.8. The highest BCUT2D eigenvalue weighted by Gasteiger charge is 2.29. The first-order valence-corrected chi connectivity index (χ1v) is 10.7. The van der Waals surface area contributed by atoms with Gasteiger partial charge in [0, 0.05) is 19.7 Å². The SMILES string of the molecule is COc1ccccc1[C@H](C)NC(=O)CN(c1cc(C)ccc1C)S(=O)(=O)N(C)C. The number of hydrogen-bond acceptors (Lipinski definition) is 4. The summed E-state index contributed by atoms with van der Waals surface area (Å²) in [5, 5.41) is 2.87. The Hall–Kier alpha value is -2.58. The number of carbonyl (C=O) groups is 1. The molecule has 1 atom stereocenters. The summed E-state index contributed by atoms with van der Waals surface area (Å²) in [6, 6.07) is 12.6. The maximum Gasteiger partial charge on any atom is 0.304 e. The minimum Gasteiger partial charge on any atom is -0.496 e. The van der Waals surface area contributed by atoms with Crippen molar-refractivity contribution in [2.24, 2.45) is 0 Å². The van der Waals surface area contributed by atoms with Crippen LogP contribution >= 0.6 is 0 Å². The van der Waals surface area contributed by atoms with Gasteiger partial charge in [0.25, 0.3) is 0 Å². The van der Waals surface area contributed by atoms with Crippen molar-refractivity contribution in [2.75, 3.05) is 32.1 Å². The largest absolute Gasteiger partial charge is 0.496 e. The van der Waals surface area contributed by atoms with Gasteiger partial charge in [0.15, 0.2) is 0 Å². The summed E-state index contributed by atoms with van der Waals surface area (Å²) in [7, 11) is 0.605. The third kappa shape index (κ3) is 5.27. The van der Waals surface area contributed by atoms with Crippen LogP contribution in [0.5, 0.6) is 5.75 Å². The summed E-state index contributed by atoms with van der Waals surface area (Å²) in [4.78, 5) is 12.8. The highest BCUT2D eigenvalue weighted by molar-refractivity contribution is 7.90. The molecule has 0 aliphatic rings. The number of nitrogens with zero attached hydrogens (tertiary/aromatic N) is 2. The van der Waals surface area contributed by atoms with Crippen LogP contribution in [0.2, 0.25) is 0 Å². The van der Waals surface area contributed by atoms with E-state index >= 15 is 0 Å². The van der Waals surface area contributed by atoms with Crippen molar-refractivity contribution in [3.8, 4) is 5.75 Å². The van der Waals surface area contributed by atoms with Crippen LogP contribution in [0, 0.1) is 13.8 Å². The summed E-state index contributed by atoms with van der Waals surface area (Å²) in [5.74, 6) is 0.252. The van der Waals surface area contributed by atoms with E-state index in [9.17, 15) is 13.2 Å². The van der Waals surface area contributed by atoms with Gasteiger partial charge in [0.05, 0.1) is 18.8 Å². The van der Waals surface area contributed by atoms with E-state index in [0.717, 1.165) is 25.3 Å². The van der Waals surface area contributed by atoms with E-state index in [1.54, 1.807) is 13.2 Å². The molecule has 0 aromatic heterocycles. The van der Waals surface area contributed by atoms with Gasteiger partial charge >= 0.3 is 10.2 Å². The number of methoxy groups -OCH3 is 1. The third-order valence-electron chi connectivity index (χ3n) is 4.64. The van der Waals surface area contributed by atoms with E-state index in [0.29, 0.717) is 11.4 Å². The van der Waals surface area contributed by atoms with Gasteiger partial charge in [-0.3, -0.25) is 4.79 Å². The molecule has 8 heteroatoms. The van der Waals surface area contributed by atoms with Crippen molar-refractivity contribution in [1.82, 2.24) is 9.62 Å². The first kappa shape index (κ1) is 22.7. The summed E-state index contributed by atoms with van der Waals surface area (Å²) >= 11 is 0. The summed E-state index contributed by atoms with van der Waals surface area (Å²) in [5.41, 5.74) is 2.98. The number of ether oxygens (including phenoxy) is 1. The quantitative estimate of drug-likeness (QED) is 0.714. The first-order chi connectivity index (χ1) is 13.6. The molecule has 29 heavy (non-hydrogen) atoms. The van der Waals surface area contributed by atoms with Gasteiger partial charge in [-0.15, -0.1) is 0 Å². The maximum absolute atomic E-state index is 12.9. The average molecular weight is 420 g/mol. The molecule has 0 saturated heterocycles. The number of anilines is 1. The summed E-state index contributed by atoms with van der Waals surface area (Å²) in [6.45, 7) is 5.21. The van der Waals surface area contributed by atoms with E-state index in [1.165, 1.54) is 14.1 Å². The fraction of sp³-hybridized carbons (Fsp3) is 0.381. The number of amides is 1. The Morgan fingerprint density at radius 1 is 1.14 bits per heavy atom. The van der Waals surface area contributed by atoms with Crippen LogP contribution in [0.25, 0.3) is 0 Å². The number of rotatable bonds is 8. The van der Waals surface area contributed by atoms with Crippen LogP contribution in [-0.2, 0) is 15.0 Å². The molecule has 0 saturated carbocycles. The van der Waals surface area contributed by atoms with Gasteiger partial charge < -0.3 is 10.1 Å². The molecule has 1 N–H and O–H groups in total. The van der Waals surface area contributed by atoms with Gasteiger partial charge in [-0.2, -0.15) is 12.7 Å². The van der Waals surface area contributed by atoms with Gasteiger partial charge in [-0.1, -0.05) is 30.3 Å². The molecule has 0 heterocycles. The number of benzene rings is 2. The lowest BCUT2D eigenvalue weighted by atomic mass is 10.1. The Morgan fingerprint density at radius 2 is 1.79 bits per heavy atom. The van der Waals surface area contributed by atoms with Gasteiger partial charge in [-0.25, -0.2) is 4.31 Å². The van der Waals surface area contributed by atoms with Gasteiger partial charge in [-0.05, 0) is 44.0 Å². The summed E-state index contributed by atoms with van der Waals surface area (Å²) in [6.07, 6.45) is 0. The van der Waals surface area contributed by atoms with Crippen LogP contribution in [0.15, 0.2) is 42.5 Å². The second-order valence-electron chi connectivity index (χ2n) is 7.12. The fourth-order valence-electron chi connectivity index (χ4n) is 3.00. The molecule has 1 amide bonds. The van der Waals surface area contributed by atoms with Crippen LogP contribution in [0.4, 0.5) is 5.69 Å². The molecule has 2 rings (SSSR count). The Morgan fingerprint density at radius 3 is 2.41 bits per heavy atom. The summed E-state index contributed by atoms with van der Waals surface area (Å²) < 4.78 is 33.5. The van der Waals surface area contributed by atoms with E-state index in [2.05, 4.69) is 5.32 Å². The van der Waals surface area contributed by atoms with Gasteiger partial charge in [0.2, 0.25) is 5.91 Å². The van der Waals surface area contributed by atoms with Crippen molar-refractivity contribution in [3.05, 3.63) is 59.2 Å². The molecule has 2 aromatic carbocycles. The van der Waals surface area contributed by atoms with E-state index in [4.69, 9.17) is 4.74 Å². The van der Waals surface area contributed by atoms with Crippen molar-refractivity contribution in [1.29, 1.82) is 0 Å². The average Bonchev–Trinajstić information content (AvgIpc) is 2.67. The standard InChI is InChI=1S/C21H29N3O4S/c1-15-11-12-16(2)19(13-15)24(29(26,27)23(4)5)14-21(25)22-17(3)18-9-7-8-10-20(18)28-6/h7-13,17H,14H2,1-6H3,(H,22,25)/t17-/m0/s1. The maximum atomic E-state index is 12.9. The Kier molecular flexibility index (Phi) is 7.26. The van der Waals surface area contributed by atoms with Crippen LogP contribution < -0.4 is 14.4 Å². The molecular formula is C21H29N3O4S. The predicted molar refractivity (Wildman–Crippen MR) is 115 cm³/mol. The highest BCUT2D eigenvalue weighted by atomic mass is 32.2. The van der Waals surface area contributed by atoms with E-state index in [1.807, 2.05) is 57.2 Å². The molecule has 0 radical (unpaired) electrons. The smallest absolute Gasteiger partial charge is 0.304 e. The fourth-order valence-corrected chi connectivity index (χ4v) is 4.12. The van der Waals surface area contributed by atoms with Gasteiger partial charge in [0.1, 0.15) is 12.3 Å². The lowest BCUT2D eigenvalue weighted by molar-refractivity contribution is -0.120. The highest BCUT2D eigenvalue weighted by Crippen LogP contribution is 2.26. The number of hydrogen-bond donors (Lipinski definition) is 1. The zero-order valence-corrected chi connectivity index (χ0v) is 18.6. The second kappa shape index (κ2) is 9.28. The number of aryl methyl sites for hydroxylation is 2. The Balaban J connectivity index is 2.31. The molecule has 0 aliphatic carbocycles. The molecule has 0 aliphatic heterocycles. The van der Waals surface area contributed by atoms with Crippen molar-refractivity contribution in [2.45, 2.75) is 26.8 Å². The van der Waals surface area contributed by atoms with Crippen molar-refractivity contribution >= 4 is 21.8 Å². The van der Waals surface area contributed by atoms with E-state index in [-0.39, 0.29) is 12.6 Å². The monoisotopic (exact) mass is 419 g/mol. The molecular weight excluding hydrogens is 390 g/mol. The lowest BCUT2D eigenvalue weighted by Crippen LogP contribution is -2.46. The van der Waals surface area contributed by atoms with Crippen molar-refractivity contribution < 1.29 is 17.9 Å². The molecule has 0 spiro atoms. The first-order valence-electron chi connectivity index (χ1n) is 9.27. The molecule has 0 bridgehead atoms. The predicted octanol–water partition coefficient (Wildman–Crippen LogP) is 2.80. The van der Waals surface area contributed by atoms with Crippen LogP contribution in [0.3, 0.4) is 0 Å². The number of para-hydroxylation sites is 1. The minimum atomic E-state index is -3.86.